The van der Waals surface area contributed by atoms with Crippen LogP contribution in [0.1, 0.15) is 35.0 Å². The lowest BCUT2D eigenvalue weighted by Crippen LogP contribution is -2.25. The van der Waals surface area contributed by atoms with E-state index in [1.54, 1.807) is 10.9 Å². The van der Waals surface area contributed by atoms with Crippen LogP contribution in [0.3, 0.4) is 0 Å². The van der Waals surface area contributed by atoms with Crippen molar-refractivity contribution in [2.45, 2.75) is 26.8 Å². The summed E-state index contributed by atoms with van der Waals surface area (Å²) in [6, 6.07) is 7.72. The smallest absolute Gasteiger partial charge is 0.253 e. The third-order valence-corrected chi connectivity index (χ3v) is 3.34. The van der Waals surface area contributed by atoms with Gasteiger partial charge in [0.2, 0.25) is 0 Å². The molecule has 0 spiro atoms. The fraction of sp³-hybridized carbons (Fsp3) is 0.375. The van der Waals surface area contributed by atoms with Crippen molar-refractivity contribution in [1.82, 2.24) is 15.1 Å². The largest absolute Gasteiger partial charge is 0.384 e. The third kappa shape index (κ3) is 3.84. The minimum Gasteiger partial charge on any atom is -0.384 e. The average molecular weight is 286 g/mol. The highest BCUT2D eigenvalue weighted by Gasteiger charge is 2.11. The molecule has 2 aromatic rings. The summed E-state index contributed by atoms with van der Waals surface area (Å²) in [5.74, 6) is -0.0743. The Balaban J connectivity index is 2.09. The van der Waals surface area contributed by atoms with Gasteiger partial charge in [0, 0.05) is 25.5 Å². The van der Waals surface area contributed by atoms with Gasteiger partial charge in [-0.15, -0.1) is 0 Å². The fourth-order valence-corrected chi connectivity index (χ4v) is 2.10. The molecule has 0 atom stereocenters. The number of nitrogens with one attached hydrogen (secondary N) is 2. The molecule has 1 aromatic carbocycles. The van der Waals surface area contributed by atoms with Gasteiger partial charge in [0.1, 0.15) is 0 Å². The lowest BCUT2D eigenvalue weighted by atomic mass is 10.1. The van der Waals surface area contributed by atoms with Gasteiger partial charge in [0.15, 0.2) is 0 Å². The Hall–Kier alpha value is -2.30. The van der Waals surface area contributed by atoms with E-state index >= 15 is 0 Å². The number of anilines is 1. The first-order chi connectivity index (χ1) is 10.1. The van der Waals surface area contributed by atoms with E-state index in [2.05, 4.69) is 22.7 Å². The maximum Gasteiger partial charge on any atom is 0.253 e. The van der Waals surface area contributed by atoms with E-state index in [4.69, 9.17) is 0 Å². The summed E-state index contributed by atoms with van der Waals surface area (Å²) in [7, 11) is 1.86. The number of carbonyl (C=O) groups is 1. The minimum atomic E-state index is -0.0743. The number of carbonyl (C=O) groups excluding carboxylic acids is 1. The zero-order valence-electron chi connectivity index (χ0n) is 12.8. The summed E-state index contributed by atoms with van der Waals surface area (Å²) < 4.78 is 1.76. The molecule has 1 amide bonds. The Bertz CT molecular complexity index is 618. The Labute approximate surface area is 125 Å². The van der Waals surface area contributed by atoms with Crippen LogP contribution in [0.25, 0.3) is 0 Å². The zero-order chi connectivity index (χ0) is 15.2. The molecule has 0 fully saturated rings. The summed E-state index contributed by atoms with van der Waals surface area (Å²) in [6.07, 6.45) is 2.74. The molecule has 112 valence electrons. The van der Waals surface area contributed by atoms with Crippen molar-refractivity contribution >= 4 is 11.6 Å². The Morgan fingerprint density at radius 1 is 1.33 bits per heavy atom. The van der Waals surface area contributed by atoms with E-state index in [0.29, 0.717) is 12.1 Å². The Morgan fingerprint density at radius 3 is 2.81 bits per heavy atom. The highest BCUT2D eigenvalue weighted by molar-refractivity contribution is 5.99. The highest BCUT2D eigenvalue weighted by atomic mass is 16.1. The fourth-order valence-electron chi connectivity index (χ4n) is 2.10. The Morgan fingerprint density at radius 2 is 2.14 bits per heavy atom. The quantitative estimate of drug-likeness (QED) is 0.857. The normalized spacial score (nSPS) is 10.4. The zero-order valence-corrected chi connectivity index (χ0v) is 12.8. The summed E-state index contributed by atoms with van der Waals surface area (Å²) in [4.78, 5) is 12.4. The second-order valence-corrected chi connectivity index (χ2v) is 5.10. The molecule has 2 N–H and O–H groups in total. The molecule has 0 aliphatic heterocycles. The standard InChI is InChI=1S/C16H22N4O/c1-4-8-17-15-10-12(2)5-6-14(15)16(21)18-11-13-7-9-19-20(13)3/h5-7,9-10,17H,4,8,11H2,1-3H3,(H,18,21). The summed E-state index contributed by atoms with van der Waals surface area (Å²) in [6.45, 7) is 5.45. The van der Waals surface area contributed by atoms with Crippen LogP contribution in [0, 0.1) is 6.92 Å². The van der Waals surface area contributed by atoms with E-state index in [-0.39, 0.29) is 5.91 Å². The van der Waals surface area contributed by atoms with Gasteiger partial charge in [0.05, 0.1) is 17.8 Å². The van der Waals surface area contributed by atoms with Crippen molar-refractivity contribution in [1.29, 1.82) is 0 Å². The van der Waals surface area contributed by atoms with Gasteiger partial charge < -0.3 is 10.6 Å². The van der Waals surface area contributed by atoms with Crippen molar-refractivity contribution in [3.05, 3.63) is 47.3 Å². The maximum atomic E-state index is 12.4. The lowest BCUT2D eigenvalue weighted by molar-refractivity contribution is 0.0951. The first kappa shape index (κ1) is 15.1. The number of aryl methyl sites for hydroxylation is 2. The summed E-state index contributed by atoms with van der Waals surface area (Å²) in [5, 5.41) is 10.3. The number of hydrogen-bond acceptors (Lipinski definition) is 3. The number of aromatic nitrogens is 2. The summed E-state index contributed by atoms with van der Waals surface area (Å²) in [5.41, 5.74) is 3.67. The van der Waals surface area contributed by atoms with Gasteiger partial charge in [-0.1, -0.05) is 13.0 Å². The molecule has 1 aromatic heterocycles. The maximum absolute atomic E-state index is 12.4. The predicted octanol–water partition coefficient (Wildman–Crippen LogP) is 2.48. The molecule has 2 rings (SSSR count). The molecular weight excluding hydrogens is 264 g/mol. The molecule has 0 saturated heterocycles. The van der Waals surface area contributed by atoms with E-state index in [1.165, 1.54) is 0 Å². The molecule has 5 nitrogen and oxygen atoms in total. The number of amides is 1. The SMILES string of the molecule is CCCNc1cc(C)ccc1C(=O)NCc1ccnn1C. The van der Waals surface area contributed by atoms with Gasteiger partial charge in [-0.2, -0.15) is 5.10 Å². The molecule has 0 aliphatic carbocycles. The van der Waals surface area contributed by atoms with Gasteiger partial charge in [-0.05, 0) is 37.1 Å². The van der Waals surface area contributed by atoms with Gasteiger partial charge in [-0.25, -0.2) is 0 Å². The number of hydrogen-bond donors (Lipinski definition) is 2. The van der Waals surface area contributed by atoms with E-state index < -0.39 is 0 Å². The van der Waals surface area contributed by atoms with Crippen LogP contribution in [0.2, 0.25) is 0 Å². The van der Waals surface area contributed by atoms with Crippen LogP contribution in [-0.4, -0.2) is 22.2 Å². The molecule has 0 radical (unpaired) electrons. The van der Waals surface area contributed by atoms with E-state index in [0.717, 1.165) is 29.9 Å². The molecular formula is C16H22N4O. The third-order valence-electron chi connectivity index (χ3n) is 3.34. The second-order valence-electron chi connectivity index (χ2n) is 5.10. The molecule has 21 heavy (non-hydrogen) atoms. The first-order valence-electron chi connectivity index (χ1n) is 7.21. The lowest BCUT2D eigenvalue weighted by Gasteiger charge is -2.13. The van der Waals surface area contributed by atoms with Crippen LogP contribution >= 0.6 is 0 Å². The van der Waals surface area contributed by atoms with Crippen molar-refractivity contribution in [2.24, 2.45) is 7.05 Å². The average Bonchev–Trinajstić information content (AvgIpc) is 2.88. The van der Waals surface area contributed by atoms with Crippen molar-refractivity contribution in [2.75, 3.05) is 11.9 Å². The number of rotatable bonds is 6. The summed E-state index contributed by atoms with van der Waals surface area (Å²) >= 11 is 0. The first-order valence-corrected chi connectivity index (χ1v) is 7.21. The molecule has 5 heteroatoms. The van der Waals surface area contributed by atoms with E-state index in [9.17, 15) is 4.79 Å². The van der Waals surface area contributed by atoms with Crippen LogP contribution in [0.5, 0.6) is 0 Å². The monoisotopic (exact) mass is 286 g/mol. The molecule has 0 saturated carbocycles. The Kier molecular flexibility index (Phi) is 4.98. The second kappa shape index (κ2) is 6.92. The number of nitrogens with zero attached hydrogens (tertiary/aromatic N) is 2. The topological polar surface area (TPSA) is 59.0 Å². The molecule has 1 heterocycles. The van der Waals surface area contributed by atoms with Gasteiger partial charge in [-0.3, -0.25) is 9.48 Å². The van der Waals surface area contributed by atoms with Gasteiger partial charge in [0.25, 0.3) is 5.91 Å². The highest BCUT2D eigenvalue weighted by Crippen LogP contribution is 2.17. The van der Waals surface area contributed by atoms with Crippen LogP contribution in [0.4, 0.5) is 5.69 Å². The predicted molar refractivity (Wildman–Crippen MR) is 84.3 cm³/mol. The number of benzene rings is 1. The molecule has 0 aliphatic rings. The molecule has 0 unspecified atom stereocenters. The van der Waals surface area contributed by atoms with Crippen LogP contribution < -0.4 is 10.6 Å². The van der Waals surface area contributed by atoms with Crippen molar-refractivity contribution in [3.63, 3.8) is 0 Å². The van der Waals surface area contributed by atoms with Crippen molar-refractivity contribution < 1.29 is 4.79 Å². The van der Waals surface area contributed by atoms with Crippen molar-refractivity contribution in [3.8, 4) is 0 Å². The van der Waals surface area contributed by atoms with E-state index in [1.807, 2.05) is 38.2 Å². The van der Waals surface area contributed by atoms with Crippen LogP contribution in [-0.2, 0) is 13.6 Å². The molecule has 0 bridgehead atoms. The minimum absolute atomic E-state index is 0.0743. The van der Waals surface area contributed by atoms with Crippen LogP contribution in [0.15, 0.2) is 30.5 Å². The van der Waals surface area contributed by atoms with Gasteiger partial charge >= 0.3 is 0 Å².